The van der Waals surface area contributed by atoms with Crippen LogP contribution in [0.2, 0.25) is 0 Å². The summed E-state index contributed by atoms with van der Waals surface area (Å²) in [6.07, 6.45) is 2.42. The fourth-order valence-corrected chi connectivity index (χ4v) is 2.84. The van der Waals surface area contributed by atoms with Crippen molar-refractivity contribution in [3.63, 3.8) is 0 Å². The highest BCUT2D eigenvalue weighted by atomic mass is 35.5. The van der Waals surface area contributed by atoms with Gasteiger partial charge in [0.2, 0.25) is 0 Å². The number of rotatable bonds is 4. The van der Waals surface area contributed by atoms with Crippen LogP contribution in [0.4, 0.5) is 0 Å². The third-order valence-electron chi connectivity index (χ3n) is 4.04. The molecule has 118 valence electrons. The lowest BCUT2D eigenvalue weighted by molar-refractivity contribution is 0.0600. The Morgan fingerprint density at radius 3 is 2.95 bits per heavy atom. The molecular weight excluding hydrogens is 288 g/mol. The number of ether oxygens (including phenoxy) is 1. The first-order chi connectivity index (χ1) is 9.60. The van der Waals surface area contributed by atoms with E-state index in [-0.39, 0.29) is 24.4 Å². The van der Waals surface area contributed by atoms with Crippen LogP contribution < -0.4 is 5.73 Å². The lowest BCUT2D eigenvalue weighted by Crippen LogP contribution is -2.41. The van der Waals surface area contributed by atoms with E-state index in [2.05, 4.69) is 17.9 Å². The minimum absolute atomic E-state index is 0. The Morgan fingerprint density at radius 2 is 2.29 bits per heavy atom. The molecule has 2 N–H and O–H groups in total. The molecule has 5 heteroatoms. The van der Waals surface area contributed by atoms with Crippen LogP contribution in [0.1, 0.15) is 35.7 Å². The van der Waals surface area contributed by atoms with Gasteiger partial charge in [0.05, 0.1) is 12.7 Å². The SMILES string of the molecule is COC(=O)c1cccc(CN2CCCC(C(C)N)C2)c1.Cl. The van der Waals surface area contributed by atoms with Gasteiger partial charge < -0.3 is 10.5 Å². The number of esters is 1. The van der Waals surface area contributed by atoms with E-state index in [0.717, 1.165) is 25.2 Å². The van der Waals surface area contributed by atoms with Gasteiger partial charge in [0.25, 0.3) is 0 Å². The van der Waals surface area contributed by atoms with E-state index in [4.69, 9.17) is 10.5 Å². The van der Waals surface area contributed by atoms with Crippen LogP contribution >= 0.6 is 12.4 Å². The molecular formula is C16H25ClN2O2. The Morgan fingerprint density at radius 1 is 1.52 bits per heavy atom. The number of carbonyl (C=O) groups is 1. The minimum atomic E-state index is -0.279. The summed E-state index contributed by atoms with van der Waals surface area (Å²) in [4.78, 5) is 14.0. The summed E-state index contributed by atoms with van der Waals surface area (Å²) in [5.74, 6) is 0.298. The predicted octanol–water partition coefficient (Wildman–Crippen LogP) is 2.45. The summed E-state index contributed by atoms with van der Waals surface area (Å²) in [7, 11) is 1.41. The second-order valence-electron chi connectivity index (χ2n) is 5.69. The maximum atomic E-state index is 11.5. The molecule has 1 aliphatic heterocycles. The number of piperidine rings is 1. The van der Waals surface area contributed by atoms with Crippen molar-refractivity contribution >= 4 is 18.4 Å². The van der Waals surface area contributed by atoms with E-state index in [1.165, 1.54) is 20.0 Å². The van der Waals surface area contributed by atoms with E-state index in [0.29, 0.717) is 11.5 Å². The van der Waals surface area contributed by atoms with Crippen molar-refractivity contribution in [3.05, 3.63) is 35.4 Å². The number of likely N-dealkylation sites (tertiary alicyclic amines) is 1. The average molecular weight is 313 g/mol. The number of halogens is 1. The lowest BCUT2D eigenvalue weighted by atomic mass is 9.92. The molecule has 0 saturated carbocycles. The third kappa shape index (κ3) is 4.99. The quantitative estimate of drug-likeness (QED) is 0.868. The minimum Gasteiger partial charge on any atom is -0.465 e. The topological polar surface area (TPSA) is 55.6 Å². The predicted molar refractivity (Wildman–Crippen MR) is 86.7 cm³/mol. The monoisotopic (exact) mass is 312 g/mol. The molecule has 0 aromatic heterocycles. The van der Waals surface area contributed by atoms with E-state index >= 15 is 0 Å². The normalized spacial score (nSPS) is 20.4. The molecule has 0 radical (unpaired) electrons. The molecule has 1 fully saturated rings. The second kappa shape index (κ2) is 8.37. The van der Waals surface area contributed by atoms with Gasteiger partial charge in [-0.2, -0.15) is 0 Å². The molecule has 1 aromatic carbocycles. The van der Waals surface area contributed by atoms with Gasteiger partial charge in [-0.25, -0.2) is 4.79 Å². The lowest BCUT2D eigenvalue weighted by Gasteiger charge is -2.34. The molecule has 21 heavy (non-hydrogen) atoms. The fraction of sp³-hybridized carbons (Fsp3) is 0.562. The highest BCUT2D eigenvalue weighted by Gasteiger charge is 2.22. The summed E-state index contributed by atoms with van der Waals surface area (Å²) in [5.41, 5.74) is 7.78. The number of nitrogens with two attached hydrogens (primary N) is 1. The van der Waals surface area contributed by atoms with Crippen LogP contribution in [0.5, 0.6) is 0 Å². The summed E-state index contributed by atoms with van der Waals surface area (Å²) < 4.78 is 4.76. The van der Waals surface area contributed by atoms with Crippen LogP contribution in [0.3, 0.4) is 0 Å². The first-order valence-electron chi connectivity index (χ1n) is 7.25. The average Bonchev–Trinajstić information content (AvgIpc) is 2.47. The van der Waals surface area contributed by atoms with E-state index in [9.17, 15) is 4.79 Å². The second-order valence-corrected chi connectivity index (χ2v) is 5.69. The first-order valence-corrected chi connectivity index (χ1v) is 7.25. The Balaban J connectivity index is 0.00000220. The summed E-state index contributed by atoms with van der Waals surface area (Å²) in [6.45, 7) is 5.10. The van der Waals surface area contributed by atoms with Crippen molar-refractivity contribution < 1.29 is 9.53 Å². The number of hydrogen-bond donors (Lipinski definition) is 1. The van der Waals surface area contributed by atoms with Gasteiger partial charge in [-0.15, -0.1) is 12.4 Å². The number of benzene rings is 1. The zero-order valence-electron chi connectivity index (χ0n) is 12.7. The van der Waals surface area contributed by atoms with E-state index in [1.807, 2.05) is 12.1 Å². The van der Waals surface area contributed by atoms with Crippen molar-refractivity contribution in [1.82, 2.24) is 4.90 Å². The molecule has 2 rings (SSSR count). The van der Waals surface area contributed by atoms with Gasteiger partial charge in [0, 0.05) is 19.1 Å². The Bertz CT molecular complexity index is 465. The molecule has 2 unspecified atom stereocenters. The zero-order valence-corrected chi connectivity index (χ0v) is 13.6. The standard InChI is InChI=1S/C16H24N2O2.ClH/c1-12(17)15-7-4-8-18(11-15)10-13-5-3-6-14(9-13)16(19)20-2;/h3,5-6,9,12,15H,4,7-8,10-11,17H2,1-2H3;1H. The van der Waals surface area contributed by atoms with Crippen molar-refractivity contribution in [3.8, 4) is 0 Å². The Hall–Kier alpha value is -1.10. The van der Waals surface area contributed by atoms with Gasteiger partial charge in [-0.1, -0.05) is 12.1 Å². The van der Waals surface area contributed by atoms with Crippen molar-refractivity contribution in [1.29, 1.82) is 0 Å². The molecule has 4 nitrogen and oxygen atoms in total. The van der Waals surface area contributed by atoms with E-state index in [1.54, 1.807) is 6.07 Å². The number of nitrogens with zero attached hydrogens (tertiary/aromatic N) is 1. The smallest absolute Gasteiger partial charge is 0.337 e. The van der Waals surface area contributed by atoms with Crippen molar-refractivity contribution in [2.45, 2.75) is 32.4 Å². The molecule has 0 spiro atoms. The molecule has 1 aromatic rings. The highest BCUT2D eigenvalue weighted by molar-refractivity contribution is 5.89. The molecule has 1 saturated heterocycles. The third-order valence-corrected chi connectivity index (χ3v) is 4.04. The van der Waals surface area contributed by atoms with Crippen LogP contribution in [0.25, 0.3) is 0 Å². The summed E-state index contributed by atoms with van der Waals surface area (Å²) >= 11 is 0. The number of methoxy groups -OCH3 is 1. The van der Waals surface area contributed by atoms with Crippen molar-refractivity contribution in [2.75, 3.05) is 20.2 Å². The Kier molecular flexibility index (Phi) is 7.15. The van der Waals surface area contributed by atoms with Crippen molar-refractivity contribution in [2.24, 2.45) is 11.7 Å². The fourth-order valence-electron chi connectivity index (χ4n) is 2.84. The Labute approximate surface area is 133 Å². The number of carbonyl (C=O) groups excluding carboxylic acids is 1. The van der Waals surface area contributed by atoms with Crippen LogP contribution in [-0.2, 0) is 11.3 Å². The number of hydrogen-bond acceptors (Lipinski definition) is 4. The molecule has 1 heterocycles. The summed E-state index contributed by atoms with van der Waals surface area (Å²) in [6, 6.07) is 7.92. The van der Waals surface area contributed by atoms with Crippen LogP contribution in [0.15, 0.2) is 24.3 Å². The van der Waals surface area contributed by atoms with Gasteiger partial charge in [0.15, 0.2) is 0 Å². The maximum Gasteiger partial charge on any atom is 0.337 e. The molecule has 0 bridgehead atoms. The van der Waals surface area contributed by atoms with Gasteiger partial charge in [-0.3, -0.25) is 4.90 Å². The molecule has 2 atom stereocenters. The van der Waals surface area contributed by atoms with E-state index < -0.39 is 0 Å². The van der Waals surface area contributed by atoms with Gasteiger partial charge in [-0.05, 0) is 49.9 Å². The van der Waals surface area contributed by atoms with Gasteiger partial charge in [0.1, 0.15) is 0 Å². The first kappa shape index (κ1) is 18.0. The molecule has 0 amide bonds. The summed E-state index contributed by atoms with van der Waals surface area (Å²) in [5, 5.41) is 0. The highest BCUT2D eigenvalue weighted by Crippen LogP contribution is 2.20. The van der Waals surface area contributed by atoms with Gasteiger partial charge >= 0.3 is 5.97 Å². The molecule has 0 aliphatic carbocycles. The maximum absolute atomic E-state index is 11.5. The molecule has 1 aliphatic rings. The van der Waals surface area contributed by atoms with Crippen LogP contribution in [-0.4, -0.2) is 37.1 Å². The van der Waals surface area contributed by atoms with Crippen LogP contribution in [0, 0.1) is 5.92 Å². The zero-order chi connectivity index (χ0) is 14.5. The largest absolute Gasteiger partial charge is 0.465 e.